The van der Waals surface area contributed by atoms with Crippen LogP contribution in [-0.4, -0.2) is 35.1 Å². The molecule has 0 aliphatic heterocycles. The summed E-state index contributed by atoms with van der Waals surface area (Å²) in [7, 11) is 3.73. The van der Waals surface area contributed by atoms with E-state index in [9.17, 15) is 13.2 Å². The van der Waals surface area contributed by atoms with Crippen molar-refractivity contribution in [2.75, 3.05) is 19.8 Å². The van der Waals surface area contributed by atoms with Crippen molar-refractivity contribution in [2.45, 2.75) is 18.8 Å². The molecule has 1 unspecified atom stereocenters. The number of aromatic nitrogens is 2. The number of hydrogen-bond donors (Lipinski definition) is 1. The molecule has 0 bridgehead atoms. The second-order valence-electron chi connectivity index (χ2n) is 6.52. The predicted molar refractivity (Wildman–Crippen MR) is 102 cm³/mol. The first kappa shape index (κ1) is 20.9. The number of ether oxygens (including phenoxy) is 1. The van der Waals surface area contributed by atoms with Crippen LogP contribution in [-0.2, 0) is 6.54 Å². The van der Waals surface area contributed by atoms with Gasteiger partial charge in [-0.05, 0) is 26.2 Å². The van der Waals surface area contributed by atoms with Crippen LogP contribution < -0.4 is 10.5 Å². The van der Waals surface area contributed by atoms with Crippen LogP contribution in [0.4, 0.5) is 19.1 Å². The van der Waals surface area contributed by atoms with E-state index in [0.29, 0.717) is 18.1 Å². The molecule has 6 nitrogen and oxygen atoms in total. The van der Waals surface area contributed by atoms with Crippen LogP contribution in [0.1, 0.15) is 17.4 Å². The average Bonchev–Trinajstić information content (AvgIpc) is 3.05. The first-order valence-electron chi connectivity index (χ1n) is 8.49. The second kappa shape index (κ2) is 8.30. The smallest absolute Gasteiger partial charge is 0.429 e. The molecule has 2 heterocycles. The molecule has 3 aromatic rings. The van der Waals surface area contributed by atoms with Gasteiger partial charge in [-0.1, -0.05) is 35.9 Å². The van der Waals surface area contributed by atoms with Gasteiger partial charge < -0.3 is 19.8 Å². The van der Waals surface area contributed by atoms with Gasteiger partial charge in [0.2, 0.25) is 17.9 Å². The normalized spacial score (nSPS) is 12.9. The summed E-state index contributed by atoms with van der Waals surface area (Å²) in [6.45, 7) is 0.514. The molecule has 0 fully saturated rings. The quantitative estimate of drug-likeness (QED) is 0.575. The topological polar surface area (TPSA) is 77.4 Å². The minimum Gasteiger partial charge on any atom is -0.460 e. The van der Waals surface area contributed by atoms with Crippen molar-refractivity contribution in [3.8, 4) is 17.2 Å². The Morgan fingerprint density at radius 3 is 2.55 bits per heavy atom. The molecule has 0 saturated heterocycles. The minimum absolute atomic E-state index is 0.124. The summed E-state index contributed by atoms with van der Waals surface area (Å²) < 4.78 is 52.6. The third-order valence-electron chi connectivity index (χ3n) is 3.87. The molecule has 0 aliphatic rings. The minimum atomic E-state index is -4.73. The van der Waals surface area contributed by atoms with Gasteiger partial charge in [0.05, 0.1) is 6.54 Å². The summed E-state index contributed by atoms with van der Waals surface area (Å²) in [5.74, 6) is 0.253. The Kier molecular flexibility index (Phi) is 5.99. The number of benzene rings is 1. The van der Waals surface area contributed by atoms with E-state index in [1.54, 1.807) is 18.2 Å². The molecule has 1 aromatic carbocycles. The molecule has 2 aromatic heterocycles. The zero-order chi connectivity index (χ0) is 21.2. The van der Waals surface area contributed by atoms with Crippen molar-refractivity contribution in [3.63, 3.8) is 0 Å². The van der Waals surface area contributed by atoms with Crippen molar-refractivity contribution in [3.05, 3.63) is 58.9 Å². The predicted octanol–water partition coefficient (Wildman–Crippen LogP) is 4.72. The van der Waals surface area contributed by atoms with Crippen LogP contribution >= 0.6 is 11.6 Å². The number of rotatable bonds is 6. The maximum atomic E-state index is 13.9. The van der Waals surface area contributed by atoms with Gasteiger partial charge in [0.25, 0.3) is 0 Å². The zero-order valence-corrected chi connectivity index (χ0v) is 16.3. The number of anilines is 1. The van der Waals surface area contributed by atoms with E-state index in [1.165, 1.54) is 18.2 Å². The molecule has 0 amide bonds. The largest absolute Gasteiger partial charge is 0.460 e. The van der Waals surface area contributed by atoms with Crippen LogP contribution in [0.2, 0.25) is 5.15 Å². The molecule has 154 valence electrons. The molecule has 3 rings (SSSR count). The van der Waals surface area contributed by atoms with Crippen molar-refractivity contribution in [2.24, 2.45) is 0 Å². The Hall–Kier alpha value is -2.78. The summed E-state index contributed by atoms with van der Waals surface area (Å²) in [4.78, 5) is 9.19. The number of halogens is 4. The van der Waals surface area contributed by atoms with Gasteiger partial charge in [0.15, 0.2) is 0 Å². The first-order valence-corrected chi connectivity index (χ1v) is 8.87. The third kappa shape index (κ3) is 5.18. The van der Waals surface area contributed by atoms with E-state index in [2.05, 4.69) is 9.97 Å². The lowest BCUT2D eigenvalue weighted by Crippen LogP contribution is -2.27. The average molecular weight is 427 g/mol. The van der Waals surface area contributed by atoms with Gasteiger partial charge in [-0.3, -0.25) is 0 Å². The van der Waals surface area contributed by atoms with E-state index < -0.39 is 12.3 Å². The Balaban J connectivity index is 2.02. The second-order valence-corrected chi connectivity index (χ2v) is 6.90. The molecular formula is C19H18ClF3N4O2. The van der Waals surface area contributed by atoms with Crippen LogP contribution in [0, 0.1) is 0 Å². The van der Waals surface area contributed by atoms with Crippen LogP contribution in [0.25, 0.3) is 11.3 Å². The van der Waals surface area contributed by atoms with Crippen molar-refractivity contribution >= 4 is 17.5 Å². The summed E-state index contributed by atoms with van der Waals surface area (Å²) in [5.41, 5.74) is 5.59. The maximum absolute atomic E-state index is 13.9. The van der Waals surface area contributed by atoms with Crippen molar-refractivity contribution in [1.82, 2.24) is 14.9 Å². The molecule has 1 atom stereocenters. The fraction of sp³-hybridized carbons (Fsp3) is 0.263. The summed E-state index contributed by atoms with van der Waals surface area (Å²) in [6, 6.07) is 10.4. The number of nitrogens with two attached hydrogens (primary N) is 1. The highest BCUT2D eigenvalue weighted by Gasteiger charge is 2.44. The van der Waals surface area contributed by atoms with Crippen molar-refractivity contribution < 1.29 is 22.3 Å². The fourth-order valence-corrected chi connectivity index (χ4v) is 2.95. The SMILES string of the molecule is CN(C)Cc1ccc(-c2ccccc2C(Oc2cc(Cl)nc(N)n2)C(F)(F)F)o1. The lowest BCUT2D eigenvalue weighted by Gasteiger charge is -2.23. The molecule has 0 spiro atoms. The van der Waals surface area contributed by atoms with Gasteiger partial charge in [-0.15, -0.1) is 0 Å². The number of alkyl halides is 3. The monoisotopic (exact) mass is 426 g/mol. The summed E-state index contributed by atoms with van der Waals surface area (Å²) >= 11 is 5.75. The van der Waals surface area contributed by atoms with Crippen LogP contribution in [0.5, 0.6) is 5.88 Å². The Morgan fingerprint density at radius 1 is 1.17 bits per heavy atom. The standard InChI is InChI=1S/C19H18ClF3N4O2/c1-27(2)10-11-7-8-14(28-11)12-5-3-4-6-13(12)17(19(21,22)23)29-16-9-15(20)25-18(24)26-16/h3-9,17H,10H2,1-2H3,(H2,24,25,26). The molecule has 0 radical (unpaired) electrons. The van der Waals surface area contributed by atoms with Gasteiger partial charge in [0.1, 0.15) is 16.7 Å². The van der Waals surface area contributed by atoms with Crippen LogP contribution in [0.15, 0.2) is 46.9 Å². The highest BCUT2D eigenvalue weighted by Crippen LogP contribution is 2.41. The highest BCUT2D eigenvalue weighted by atomic mass is 35.5. The summed E-state index contributed by atoms with van der Waals surface area (Å²) in [5, 5.41) is -0.124. The van der Waals surface area contributed by atoms with E-state index in [4.69, 9.17) is 26.5 Å². The Bertz CT molecular complexity index is 971. The molecular weight excluding hydrogens is 409 g/mol. The molecule has 29 heavy (non-hydrogen) atoms. The zero-order valence-electron chi connectivity index (χ0n) is 15.6. The van der Waals surface area contributed by atoms with Crippen molar-refractivity contribution in [1.29, 1.82) is 0 Å². The van der Waals surface area contributed by atoms with Gasteiger partial charge in [-0.2, -0.15) is 18.2 Å². The van der Waals surface area contributed by atoms with Crippen LogP contribution in [0.3, 0.4) is 0 Å². The number of nitrogens with zero attached hydrogens (tertiary/aromatic N) is 3. The molecule has 10 heteroatoms. The van der Waals surface area contributed by atoms with Gasteiger partial charge in [0, 0.05) is 17.2 Å². The van der Waals surface area contributed by atoms with Gasteiger partial charge in [-0.25, -0.2) is 4.98 Å². The maximum Gasteiger partial charge on any atom is 0.429 e. The Labute approximate surface area is 170 Å². The van der Waals surface area contributed by atoms with E-state index in [-0.39, 0.29) is 28.1 Å². The number of hydrogen-bond acceptors (Lipinski definition) is 6. The van der Waals surface area contributed by atoms with E-state index in [1.807, 2.05) is 19.0 Å². The highest BCUT2D eigenvalue weighted by molar-refractivity contribution is 6.29. The van der Waals surface area contributed by atoms with E-state index >= 15 is 0 Å². The van der Waals surface area contributed by atoms with E-state index in [0.717, 1.165) is 6.07 Å². The molecule has 2 N–H and O–H groups in total. The number of furan rings is 1. The lowest BCUT2D eigenvalue weighted by molar-refractivity contribution is -0.198. The molecule has 0 aliphatic carbocycles. The fourth-order valence-electron chi connectivity index (χ4n) is 2.77. The van der Waals surface area contributed by atoms with Gasteiger partial charge >= 0.3 is 6.18 Å². The summed E-state index contributed by atoms with van der Waals surface area (Å²) in [6.07, 6.45) is -7.05. The molecule has 0 saturated carbocycles. The first-order chi connectivity index (χ1) is 13.6. The third-order valence-corrected chi connectivity index (χ3v) is 4.06. The number of nitrogen functional groups attached to an aromatic ring is 1. The lowest BCUT2D eigenvalue weighted by atomic mass is 10.00. The Morgan fingerprint density at radius 2 is 1.90 bits per heavy atom.